The monoisotopic (exact) mass is 336 g/mol. The van der Waals surface area contributed by atoms with Gasteiger partial charge in [0.15, 0.2) is 5.11 Å². The maximum Gasteiger partial charge on any atom is 0.337 e. The van der Waals surface area contributed by atoms with Crippen LogP contribution in [-0.4, -0.2) is 24.1 Å². The summed E-state index contributed by atoms with van der Waals surface area (Å²) in [6, 6.07) is 6.67. The van der Waals surface area contributed by atoms with Crippen LogP contribution in [0.3, 0.4) is 0 Å². The molecule has 0 bridgehead atoms. The van der Waals surface area contributed by atoms with Crippen LogP contribution in [0.2, 0.25) is 0 Å². The molecule has 0 aliphatic carbocycles. The van der Waals surface area contributed by atoms with Crippen LogP contribution in [0.1, 0.15) is 55.8 Å². The number of esters is 1. The Kier molecular flexibility index (Phi) is 8.90. The molecule has 0 unspecified atom stereocenters. The first-order chi connectivity index (χ1) is 11.1. The highest BCUT2D eigenvalue weighted by molar-refractivity contribution is 7.80. The minimum Gasteiger partial charge on any atom is -0.465 e. The molecule has 1 rings (SSSR count). The van der Waals surface area contributed by atoms with Gasteiger partial charge in [-0.25, -0.2) is 4.79 Å². The second-order valence-corrected chi connectivity index (χ2v) is 5.64. The Labute approximate surface area is 142 Å². The SMILES string of the molecule is CCCCCCCC(=O)NC(=S)Nc1ccc(C(=O)OC)cc1. The summed E-state index contributed by atoms with van der Waals surface area (Å²) in [6.45, 7) is 2.16. The molecule has 0 fully saturated rings. The topological polar surface area (TPSA) is 67.4 Å². The van der Waals surface area contributed by atoms with Gasteiger partial charge in [0, 0.05) is 12.1 Å². The molecule has 0 atom stereocenters. The average Bonchev–Trinajstić information content (AvgIpc) is 2.54. The van der Waals surface area contributed by atoms with Crippen molar-refractivity contribution in [2.45, 2.75) is 45.4 Å². The van der Waals surface area contributed by atoms with Crippen LogP contribution >= 0.6 is 12.2 Å². The van der Waals surface area contributed by atoms with Crippen LogP contribution in [0.15, 0.2) is 24.3 Å². The molecule has 0 radical (unpaired) electrons. The zero-order valence-electron chi connectivity index (χ0n) is 13.7. The highest BCUT2D eigenvalue weighted by Crippen LogP contribution is 2.10. The number of nitrogens with one attached hydrogen (secondary N) is 2. The number of benzene rings is 1. The Morgan fingerprint density at radius 2 is 1.74 bits per heavy atom. The van der Waals surface area contributed by atoms with Crippen molar-refractivity contribution in [1.82, 2.24) is 5.32 Å². The molecule has 6 heteroatoms. The van der Waals surface area contributed by atoms with Crippen molar-refractivity contribution in [3.05, 3.63) is 29.8 Å². The van der Waals surface area contributed by atoms with Gasteiger partial charge in [0.05, 0.1) is 12.7 Å². The largest absolute Gasteiger partial charge is 0.465 e. The van der Waals surface area contributed by atoms with Crippen LogP contribution < -0.4 is 10.6 Å². The Bertz CT molecular complexity index is 529. The Hall–Kier alpha value is -1.95. The van der Waals surface area contributed by atoms with Crippen LogP contribution in [0.4, 0.5) is 5.69 Å². The quantitative estimate of drug-likeness (QED) is 0.431. The van der Waals surface area contributed by atoms with Crippen molar-refractivity contribution < 1.29 is 14.3 Å². The number of unbranched alkanes of at least 4 members (excludes halogenated alkanes) is 4. The van der Waals surface area contributed by atoms with E-state index in [1.54, 1.807) is 24.3 Å². The molecule has 23 heavy (non-hydrogen) atoms. The van der Waals surface area contributed by atoms with Gasteiger partial charge in [-0.2, -0.15) is 0 Å². The Morgan fingerprint density at radius 3 is 2.35 bits per heavy atom. The standard InChI is InChI=1S/C17H24N2O3S/c1-3-4-5-6-7-8-15(20)19-17(23)18-14-11-9-13(10-12-14)16(21)22-2/h9-12H,3-8H2,1-2H3,(H2,18,19,20,23). The predicted octanol–water partition coefficient (Wildman–Crippen LogP) is 3.65. The molecule has 0 saturated carbocycles. The zero-order valence-corrected chi connectivity index (χ0v) is 14.5. The van der Waals surface area contributed by atoms with E-state index in [9.17, 15) is 9.59 Å². The molecule has 0 saturated heterocycles. The summed E-state index contributed by atoms with van der Waals surface area (Å²) < 4.78 is 4.63. The van der Waals surface area contributed by atoms with Gasteiger partial charge in [-0.15, -0.1) is 0 Å². The highest BCUT2D eigenvalue weighted by atomic mass is 32.1. The summed E-state index contributed by atoms with van der Waals surface area (Å²) in [5.41, 5.74) is 1.16. The lowest BCUT2D eigenvalue weighted by Crippen LogP contribution is -2.33. The number of thiocarbonyl (C=S) groups is 1. The summed E-state index contributed by atoms with van der Waals surface area (Å²) in [7, 11) is 1.33. The van der Waals surface area contributed by atoms with Gasteiger partial charge in [-0.1, -0.05) is 32.6 Å². The molecule has 1 aromatic rings. The molecule has 1 amide bonds. The maximum atomic E-state index is 11.8. The van der Waals surface area contributed by atoms with Crippen LogP contribution in [0.25, 0.3) is 0 Å². The molecule has 0 aliphatic heterocycles. The van der Waals surface area contributed by atoms with Crippen molar-refractivity contribution in [2.75, 3.05) is 12.4 Å². The van der Waals surface area contributed by atoms with E-state index in [2.05, 4.69) is 22.3 Å². The molecule has 126 valence electrons. The minimum absolute atomic E-state index is 0.0785. The van der Waals surface area contributed by atoms with E-state index >= 15 is 0 Å². The first-order valence-corrected chi connectivity index (χ1v) is 8.27. The first-order valence-electron chi connectivity index (χ1n) is 7.86. The van der Waals surface area contributed by atoms with Gasteiger partial charge in [-0.3, -0.25) is 4.79 Å². The van der Waals surface area contributed by atoms with E-state index in [-0.39, 0.29) is 11.0 Å². The summed E-state index contributed by atoms with van der Waals surface area (Å²) in [5, 5.41) is 5.83. The molecule has 2 N–H and O–H groups in total. The molecule has 5 nitrogen and oxygen atoms in total. The van der Waals surface area contributed by atoms with E-state index in [0.717, 1.165) is 12.8 Å². The summed E-state index contributed by atoms with van der Waals surface area (Å²) >= 11 is 5.11. The fourth-order valence-corrected chi connectivity index (χ4v) is 2.28. The smallest absolute Gasteiger partial charge is 0.337 e. The second-order valence-electron chi connectivity index (χ2n) is 5.24. The lowest BCUT2D eigenvalue weighted by atomic mass is 10.1. The van der Waals surface area contributed by atoms with Crippen molar-refractivity contribution >= 4 is 34.9 Å². The number of ether oxygens (including phenoxy) is 1. The maximum absolute atomic E-state index is 11.8. The molecule has 0 heterocycles. The van der Waals surface area contributed by atoms with Gasteiger partial charge in [0.2, 0.25) is 5.91 Å². The van der Waals surface area contributed by atoms with Gasteiger partial charge in [-0.05, 0) is 42.9 Å². The number of anilines is 1. The molecule has 1 aromatic carbocycles. The predicted molar refractivity (Wildman–Crippen MR) is 95.5 cm³/mol. The molecule has 0 aliphatic rings. The third kappa shape index (κ3) is 7.74. The van der Waals surface area contributed by atoms with E-state index in [1.807, 2.05) is 0 Å². The Balaban J connectivity index is 2.32. The number of methoxy groups -OCH3 is 1. The number of rotatable bonds is 8. The van der Waals surface area contributed by atoms with E-state index in [4.69, 9.17) is 12.2 Å². The van der Waals surface area contributed by atoms with Crippen LogP contribution in [0, 0.1) is 0 Å². The number of carbonyl (C=O) groups excluding carboxylic acids is 2. The van der Waals surface area contributed by atoms with Gasteiger partial charge >= 0.3 is 5.97 Å². The minimum atomic E-state index is -0.393. The normalized spacial score (nSPS) is 10.0. The molecular weight excluding hydrogens is 312 g/mol. The zero-order chi connectivity index (χ0) is 17.1. The fourth-order valence-electron chi connectivity index (χ4n) is 2.05. The fraction of sp³-hybridized carbons (Fsp3) is 0.471. The number of hydrogen-bond donors (Lipinski definition) is 2. The summed E-state index contributed by atoms with van der Waals surface area (Å²) in [6.07, 6.45) is 5.99. The molecule has 0 spiro atoms. The molecule has 0 aromatic heterocycles. The number of carbonyl (C=O) groups is 2. The lowest BCUT2D eigenvalue weighted by molar-refractivity contribution is -0.119. The van der Waals surface area contributed by atoms with Gasteiger partial charge in [0.25, 0.3) is 0 Å². The van der Waals surface area contributed by atoms with Crippen molar-refractivity contribution in [2.24, 2.45) is 0 Å². The number of amides is 1. The van der Waals surface area contributed by atoms with E-state index < -0.39 is 5.97 Å². The van der Waals surface area contributed by atoms with Crippen LogP contribution in [-0.2, 0) is 9.53 Å². The van der Waals surface area contributed by atoms with Crippen LogP contribution in [0.5, 0.6) is 0 Å². The second kappa shape index (κ2) is 10.7. The lowest BCUT2D eigenvalue weighted by Gasteiger charge is -2.10. The van der Waals surface area contributed by atoms with Gasteiger partial charge in [0.1, 0.15) is 0 Å². The third-order valence-corrected chi connectivity index (χ3v) is 3.53. The first kappa shape index (κ1) is 19.1. The molecular formula is C17H24N2O3S. The Morgan fingerprint density at radius 1 is 1.09 bits per heavy atom. The van der Waals surface area contributed by atoms with Gasteiger partial charge < -0.3 is 15.4 Å². The van der Waals surface area contributed by atoms with Crippen molar-refractivity contribution in [1.29, 1.82) is 0 Å². The average molecular weight is 336 g/mol. The van der Waals surface area contributed by atoms with Crippen molar-refractivity contribution in [3.63, 3.8) is 0 Å². The van der Waals surface area contributed by atoms with E-state index in [1.165, 1.54) is 26.4 Å². The van der Waals surface area contributed by atoms with E-state index in [0.29, 0.717) is 17.7 Å². The number of hydrogen-bond acceptors (Lipinski definition) is 4. The summed E-state index contributed by atoms with van der Waals surface area (Å²) in [4.78, 5) is 23.1. The summed E-state index contributed by atoms with van der Waals surface area (Å²) in [5.74, 6) is -0.472. The third-order valence-electron chi connectivity index (χ3n) is 3.32. The van der Waals surface area contributed by atoms with Crippen molar-refractivity contribution in [3.8, 4) is 0 Å². The highest BCUT2D eigenvalue weighted by Gasteiger charge is 2.07.